The maximum atomic E-state index is 13.4. The number of carbonyl (C=O) groups excluding carboxylic acids is 2. The summed E-state index contributed by atoms with van der Waals surface area (Å²) in [5, 5.41) is 2.81. The van der Waals surface area contributed by atoms with Crippen LogP contribution in [0, 0.1) is 5.92 Å². The first-order valence-corrected chi connectivity index (χ1v) is 12.0. The molecule has 2 aliphatic rings. The number of hydrogen-bond donors (Lipinski definition) is 2. The Balaban J connectivity index is 1.46. The molecule has 0 unspecified atom stereocenters. The van der Waals surface area contributed by atoms with Crippen LogP contribution in [0.15, 0.2) is 47.1 Å². The lowest BCUT2D eigenvalue weighted by atomic mass is 10.0. The molecule has 7 nitrogen and oxygen atoms in total. The number of ether oxygens (including phenoxy) is 1. The Morgan fingerprint density at radius 1 is 1.22 bits per heavy atom. The average molecular weight is 501 g/mol. The lowest BCUT2D eigenvalue weighted by Gasteiger charge is -2.30. The van der Waals surface area contributed by atoms with Gasteiger partial charge in [0.2, 0.25) is 5.91 Å². The summed E-state index contributed by atoms with van der Waals surface area (Å²) in [6, 6.07) is 7.00. The molecule has 1 fully saturated rings. The van der Waals surface area contributed by atoms with E-state index in [1.165, 1.54) is 0 Å². The van der Waals surface area contributed by atoms with Gasteiger partial charge in [0.15, 0.2) is 0 Å². The van der Waals surface area contributed by atoms with Crippen molar-refractivity contribution in [2.75, 3.05) is 6.54 Å². The zero-order valence-corrected chi connectivity index (χ0v) is 20.0. The molecule has 0 radical (unpaired) electrons. The summed E-state index contributed by atoms with van der Waals surface area (Å²) < 4.78 is 6.53. The van der Waals surface area contributed by atoms with E-state index in [0.717, 1.165) is 41.4 Å². The molecule has 0 bridgehead atoms. The number of halogens is 1. The fourth-order valence-corrected chi connectivity index (χ4v) is 4.52. The Bertz CT molecular complexity index is 979. The maximum Gasteiger partial charge on any atom is 0.408 e. The van der Waals surface area contributed by atoms with Gasteiger partial charge < -0.3 is 19.9 Å². The first-order valence-electron chi connectivity index (χ1n) is 11.2. The molecule has 1 aromatic carbocycles. The summed E-state index contributed by atoms with van der Waals surface area (Å²) in [6.45, 7) is 4.32. The molecule has 1 saturated carbocycles. The van der Waals surface area contributed by atoms with E-state index in [-0.39, 0.29) is 24.0 Å². The highest BCUT2D eigenvalue weighted by Crippen LogP contribution is 2.29. The second kappa shape index (κ2) is 9.90. The van der Waals surface area contributed by atoms with Gasteiger partial charge in [-0.1, -0.05) is 54.1 Å². The molecule has 0 saturated heterocycles. The van der Waals surface area contributed by atoms with E-state index in [4.69, 9.17) is 4.74 Å². The van der Waals surface area contributed by atoms with Gasteiger partial charge in [-0.05, 0) is 49.3 Å². The summed E-state index contributed by atoms with van der Waals surface area (Å²) in [5.74, 6) is 0.482. The van der Waals surface area contributed by atoms with Crippen LogP contribution < -0.4 is 5.32 Å². The van der Waals surface area contributed by atoms with Crippen LogP contribution in [0.3, 0.4) is 0 Å². The van der Waals surface area contributed by atoms with Crippen LogP contribution in [0.1, 0.15) is 51.4 Å². The lowest BCUT2D eigenvalue weighted by molar-refractivity contribution is -0.135. The Kier molecular flexibility index (Phi) is 6.98. The van der Waals surface area contributed by atoms with Crippen molar-refractivity contribution in [3.8, 4) is 11.3 Å². The molecule has 1 aliphatic heterocycles. The monoisotopic (exact) mass is 500 g/mol. The van der Waals surface area contributed by atoms with Crippen molar-refractivity contribution in [2.45, 2.75) is 57.7 Å². The van der Waals surface area contributed by atoms with Crippen LogP contribution in [0.4, 0.5) is 4.79 Å². The van der Waals surface area contributed by atoms with Crippen molar-refractivity contribution in [1.82, 2.24) is 20.2 Å². The van der Waals surface area contributed by atoms with E-state index in [1.54, 1.807) is 11.1 Å². The third-order valence-electron chi connectivity index (χ3n) is 6.05. The fourth-order valence-electron chi connectivity index (χ4n) is 4.26. The van der Waals surface area contributed by atoms with E-state index in [2.05, 4.69) is 31.2 Å². The van der Waals surface area contributed by atoms with Crippen molar-refractivity contribution < 1.29 is 14.3 Å². The van der Waals surface area contributed by atoms with Gasteiger partial charge in [0.25, 0.3) is 0 Å². The van der Waals surface area contributed by atoms with Gasteiger partial charge in [0, 0.05) is 11.0 Å². The normalized spacial score (nSPS) is 19.5. The Hall–Kier alpha value is -2.61. The number of nitrogens with one attached hydrogen (secondary N) is 2. The van der Waals surface area contributed by atoms with Gasteiger partial charge >= 0.3 is 6.09 Å². The van der Waals surface area contributed by atoms with Crippen molar-refractivity contribution in [2.24, 2.45) is 5.92 Å². The molecule has 2 amide bonds. The largest absolute Gasteiger partial charge is 0.446 e. The number of aromatic nitrogens is 2. The first kappa shape index (κ1) is 22.6. The van der Waals surface area contributed by atoms with Crippen LogP contribution in [0.25, 0.3) is 11.3 Å². The molecule has 2 aromatic rings. The molecular formula is C24H29BrN4O3. The molecule has 1 aliphatic carbocycles. The average Bonchev–Trinajstić information content (AvgIpc) is 3.52. The quantitative estimate of drug-likeness (QED) is 0.547. The minimum atomic E-state index is -0.660. The Morgan fingerprint density at radius 2 is 1.94 bits per heavy atom. The van der Waals surface area contributed by atoms with Gasteiger partial charge in [-0.2, -0.15) is 0 Å². The Morgan fingerprint density at radius 3 is 2.62 bits per heavy atom. The summed E-state index contributed by atoms with van der Waals surface area (Å²) in [5.41, 5.74) is 1.90. The summed E-state index contributed by atoms with van der Waals surface area (Å²) in [7, 11) is 0. The molecular weight excluding hydrogens is 472 g/mol. The second-order valence-corrected chi connectivity index (χ2v) is 9.65. The number of imidazole rings is 1. The molecule has 170 valence electrons. The number of hydrogen-bond acceptors (Lipinski definition) is 4. The molecule has 1 aromatic heterocycles. The lowest BCUT2D eigenvalue weighted by Crippen LogP contribution is -2.51. The van der Waals surface area contributed by atoms with Crippen LogP contribution in [0.2, 0.25) is 0 Å². The van der Waals surface area contributed by atoms with Crippen molar-refractivity contribution in [3.05, 3.63) is 52.9 Å². The third-order valence-corrected chi connectivity index (χ3v) is 6.58. The number of aromatic amines is 1. The van der Waals surface area contributed by atoms with Gasteiger partial charge in [0.05, 0.1) is 11.9 Å². The number of carbonyl (C=O) groups is 2. The van der Waals surface area contributed by atoms with Crippen molar-refractivity contribution >= 4 is 27.9 Å². The summed E-state index contributed by atoms with van der Waals surface area (Å²) >= 11 is 3.45. The molecule has 0 spiro atoms. The van der Waals surface area contributed by atoms with E-state index in [1.807, 2.05) is 50.3 Å². The fraction of sp³-hybridized carbons (Fsp3) is 0.458. The smallest absolute Gasteiger partial charge is 0.408 e. The van der Waals surface area contributed by atoms with Gasteiger partial charge in [-0.25, -0.2) is 9.78 Å². The third kappa shape index (κ3) is 5.06. The number of amides is 2. The second-order valence-electron chi connectivity index (χ2n) is 8.73. The highest BCUT2D eigenvalue weighted by atomic mass is 79.9. The van der Waals surface area contributed by atoms with E-state index < -0.39 is 12.1 Å². The topological polar surface area (TPSA) is 87.3 Å². The highest BCUT2D eigenvalue weighted by molar-refractivity contribution is 9.10. The molecule has 2 N–H and O–H groups in total. The molecule has 2 heterocycles. The Labute approximate surface area is 196 Å². The molecule has 8 heteroatoms. The zero-order chi connectivity index (χ0) is 22.7. The number of H-pyrrole nitrogens is 1. The minimum Gasteiger partial charge on any atom is -0.446 e. The van der Waals surface area contributed by atoms with E-state index in [9.17, 15) is 9.59 Å². The zero-order valence-electron chi connectivity index (χ0n) is 18.4. The summed E-state index contributed by atoms with van der Waals surface area (Å²) in [6.07, 6.45) is 9.10. The molecule has 32 heavy (non-hydrogen) atoms. The van der Waals surface area contributed by atoms with Crippen LogP contribution in [-0.2, 0) is 9.53 Å². The van der Waals surface area contributed by atoms with E-state index in [0.29, 0.717) is 12.4 Å². The maximum absolute atomic E-state index is 13.4. The van der Waals surface area contributed by atoms with Crippen molar-refractivity contribution in [1.29, 1.82) is 0 Å². The highest BCUT2D eigenvalue weighted by Gasteiger charge is 2.35. The van der Waals surface area contributed by atoms with E-state index >= 15 is 0 Å². The summed E-state index contributed by atoms with van der Waals surface area (Å²) in [4.78, 5) is 35.5. The number of rotatable bonds is 6. The van der Waals surface area contributed by atoms with Crippen LogP contribution >= 0.6 is 15.9 Å². The number of benzene rings is 1. The first-order chi connectivity index (χ1) is 15.4. The van der Waals surface area contributed by atoms with Gasteiger partial charge in [-0.15, -0.1) is 0 Å². The van der Waals surface area contributed by atoms with Crippen LogP contribution in [-0.4, -0.2) is 45.6 Å². The van der Waals surface area contributed by atoms with Crippen molar-refractivity contribution in [3.63, 3.8) is 0 Å². The minimum absolute atomic E-state index is 0.0423. The SMILES string of the molecule is CC(C)[C@H](NC(=O)OC1CCCC1)C(=O)N1CC=C[C@H]1c1ncc(-c2ccc(Br)cc2)[nH]1. The van der Waals surface area contributed by atoms with Gasteiger partial charge in [-0.3, -0.25) is 4.79 Å². The van der Waals surface area contributed by atoms with Gasteiger partial charge in [0.1, 0.15) is 24.0 Å². The van der Waals surface area contributed by atoms with Crippen LogP contribution in [0.5, 0.6) is 0 Å². The molecule has 2 atom stereocenters. The number of alkyl carbamates (subject to hydrolysis) is 1. The standard InChI is InChI=1S/C24H29BrN4O3/c1-15(2)21(28-24(31)32-18-6-3-4-7-18)23(30)29-13-5-8-20(29)22-26-14-19(27-22)16-9-11-17(25)12-10-16/h5,8-12,14-15,18,20-21H,3-4,6-7,13H2,1-2H3,(H,26,27)(H,28,31)/t20-,21-/m0/s1. The number of nitrogens with zero attached hydrogens (tertiary/aromatic N) is 2. The predicted octanol–water partition coefficient (Wildman–Crippen LogP) is 4.97. The molecule has 4 rings (SSSR count). The predicted molar refractivity (Wildman–Crippen MR) is 126 cm³/mol.